The lowest BCUT2D eigenvalue weighted by Gasteiger charge is -2.32. The number of nitrogens with one attached hydrogen (secondary N) is 1. The lowest BCUT2D eigenvalue weighted by molar-refractivity contribution is 0.206. The molecule has 4 heteroatoms. The Morgan fingerprint density at radius 1 is 1.13 bits per heavy atom. The van der Waals surface area contributed by atoms with Crippen LogP contribution in [0.25, 0.3) is 0 Å². The number of hydrogen-bond donors (Lipinski definition) is 2. The number of rotatable bonds is 8. The molecule has 0 fully saturated rings. The third-order valence-corrected chi connectivity index (χ3v) is 2.85. The predicted molar refractivity (Wildman–Crippen MR) is 67.2 cm³/mol. The summed E-state index contributed by atoms with van der Waals surface area (Å²) in [4.78, 5) is 4.49. The SMILES string of the molecule is CNC(CCN(C)C)C(CCN)N(C)C. The van der Waals surface area contributed by atoms with Gasteiger partial charge < -0.3 is 20.9 Å². The van der Waals surface area contributed by atoms with Crippen LogP contribution in [-0.4, -0.2) is 70.2 Å². The molecule has 2 atom stereocenters. The van der Waals surface area contributed by atoms with Crippen LogP contribution in [0.1, 0.15) is 12.8 Å². The molecular weight excluding hydrogens is 188 g/mol. The molecule has 3 N–H and O–H groups in total. The van der Waals surface area contributed by atoms with Gasteiger partial charge in [-0.3, -0.25) is 0 Å². The zero-order chi connectivity index (χ0) is 11.8. The van der Waals surface area contributed by atoms with E-state index in [2.05, 4.69) is 43.3 Å². The topological polar surface area (TPSA) is 44.5 Å². The van der Waals surface area contributed by atoms with Crippen LogP contribution in [0.4, 0.5) is 0 Å². The largest absolute Gasteiger partial charge is 0.330 e. The quantitative estimate of drug-likeness (QED) is 0.590. The molecule has 0 saturated carbocycles. The highest BCUT2D eigenvalue weighted by Gasteiger charge is 2.20. The third-order valence-electron chi connectivity index (χ3n) is 2.85. The molecule has 0 bridgehead atoms. The fourth-order valence-electron chi connectivity index (χ4n) is 1.92. The summed E-state index contributed by atoms with van der Waals surface area (Å²) in [6.45, 7) is 1.86. The minimum atomic E-state index is 0.519. The first kappa shape index (κ1) is 14.8. The highest BCUT2D eigenvalue weighted by Crippen LogP contribution is 2.08. The predicted octanol–water partition coefficient (Wildman–Crippen LogP) is -0.195. The Hall–Kier alpha value is -0.160. The Labute approximate surface area is 94.8 Å². The Morgan fingerprint density at radius 3 is 2.07 bits per heavy atom. The normalized spacial score (nSPS) is 16.0. The molecule has 0 aromatic carbocycles. The molecule has 92 valence electrons. The van der Waals surface area contributed by atoms with Crippen LogP contribution < -0.4 is 11.1 Å². The second-order valence-corrected chi connectivity index (χ2v) is 4.60. The first-order chi connectivity index (χ1) is 7.02. The second kappa shape index (κ2) is 8.05. The molecule has 4 nitrogen and oxygen atoms in total. The van der Waals surface area contributed by atoms with Gasteiger partial charge in [0.1, 0.15) is 0 Å². The van der Waals surface area contributed by atoms with Gasteiger partial charge in [0.05, 0.1) is 0 Å². The Kier molecular flexibility index (Phi) is 7.96. The average Bonchev–Trinajstić information content (AvgIpc) is 2.16. The molecule has 2 unspecified atom stereocenters. The van der Waals surface area contributed by atoms with E-state index in [4.69, 9.17) is 5.73 Å². The molecule has 0 aliphatic carbocycles. The second-order valence-electron chi connectivity index (χ2n) is 4.60. The van der Waals surface area contributed by atoms with E-state index in [0.717, 1.165) is 25.9 Å². The molecule has 0 saturated heterocycles. The standard InChI is InChI=1S/C11H28N4/c1-13-10(7-9-14(2)3)11(6-8-12)15(4)5/h10-11,13H,6-9,12H2,1-5H3. The zero-order valence-corrected chi connectivity index (χ0v) is 11.0. The number of hydrogen-bond acceptors (Lipinski definition) is 4. The highest BCUT2D eigenvalue weighted by molar-refractivity contribution is 4.82. The number of nitrogens with zero attached hydrogens (tertiary/aromatic N) is 2. The summed E-state index contributed by atoms with van der Waals surface area (Å²) >= 11 is 0. The van der Waals surface area contributed by atoms with Gasteiger partial charge in [0.15, 0.2) is 0 Å². The summed E-state index contributed by atoms with van der Waals surface area (Å²) < 4.78 is 0. The monoisotopic (exact) mass is 216 g/mol. The number of likely N-dealkylation sites (N-methyl/N-ethyl adjacent to an activating group) is 2. The van der Waals surface area contributed by atoms with Crippen molar-refractivity contribution in [1.82, 2.24) is 15.1 Å². The minimum Gasteiger partial charge on any atom is -0.330 e. The number of nitrogens with two attached hydrogens (primary N) is 1. The fourth-order valence-corrected chi connectivity index (χ4v) is 1.92. The van der Waals surface area contributed by atoms with Gasteiger partial charge in [-0.2, -0.15) is 0 Å². The summed E-state index contributed by atoms with van der Waals surface area (Å²) in [5, 5.41) is 3.40. The van der Waals surface area contributed by atoms with E-state index in [1.54, 1.807) is 0 Å². The Bertz CT molecular complexity index is 148. The Morgan fingerprint density at radius 2 is 1.73 bits per heavy atom. The van der Waals surface area contributed by atoms with Crippen molar-refractivity contribution in [3.8, 4) is 0 Å². The fraction of sp³-hybridized carbons (Fsp3) is 1.00. The molecule has 0 rings (SSSR count). The minimum absolute atomic E-state index is 0.519. The van der Waals surface area contributed by atoms with Crippen molar-refractivity contribution in [2.24, 2.45) is 5.73 Å². The van der Waals surface area contributed by atoms with E-state index in [9.17, 15) is 0 Å². The van der Waals surface area contributed by atoms with Crippen molar-refractivity contribution in [2.75, 3.05) is 48.3 Å². The molecule has 0 spiro atoms. The molecule has 0 aromatic heterocycles. The van der Waals surface area contributed by atoms with Gasteiger partial charge >= 0.3 is 0 Å². The highest BCUT2D eigenvalue weighted by atomic mass is 15.1. The van der Waals surface area contributed by atoms with Gasteiger partial charge in [-0.05, 0) is 61.2 Å². The maximum absolute atomic E-state index is 5.65. The maximum atomic E-state index is 5.65. The van der Waals surface area contributed by atoms with Gasteiger partial charge in [-0.15, -0.1) is 0 Å². The van der Waals surface area contributed by atoms with Gasteiger partial charge in [0.25, 0.3) is 0 Å². The lowest BCUT2D eigenvalue weighted by atomic mass is 10.0. The van der Waals surface area contributed by atoms with Crippen LogP contribution in [-0.2, 0) is 0 Å². The molecule has 0 aliphatic rings. The summed E-state index contributed by atoms with van der Waals surface area (Å²) in [7, 11) is 10.5. The van der Waals surface area contributed by atoms with Crippen molar-refractivity contribution >= 4 is 0 Å². The van der Waals surface area contributed by atoms with E-state index in [-0.39, 0.29) is 0 Å². The van der Waals surface area contributed by atoms with Gasteiger partial charge in [-0.25, -0.2) is 0 Å². The smallest absolute Gasteiger partial charge is 0.0255 e. The zero-order valence-electron chi connectivity index (χ0n) is 11.0. The van der Waals surface area contributed by atoms with Crippen LogP contribution in [0, 0.1) is 0 Å². The van der Waals surface area contributed by atoms with Crippen molar-refractivity contribution < 1.29 is 0 Å². The lowest BCUT2D eigenvalue weighted by Crippen LogP contribution is -2.48. The van der Waals surface area contributed by atoms with Gasteiger partial charge in [-0.1, -0.05) is 0 Å². The van der Waals surface area contributed by atoms with Crippen molar-refractivity contribution in [3.63, 3.8) is 0 Å². The molecule has 0 radical (unpaired) electrons. The van der Waals surface area contributed by atoms with Crippen LogP contribution in [0.5, 0.6) is 0 Å². The van der Waals surface area contributed by atoms with E-state index < -0.39 is 0 Å². The van der Waals surface area contributed by atoms with Crippen molar-refractivity contribution in [1.29, 1.82) is 0 Å². The van der Waals surface area contributed by atoms with Crippen LogP contribution in [0.2, 0.25) is 0 Å². The average molecular weight is 216 g/mol. The molecule has 0 heterocycles. The first-order valence-corrected chi connectivity index (χ1v) is 5.71. The van der Waals surface area contributed by atoms with E-state index in [0.29, 0.717) is 12.1 Å². The van der Waals surface area contributed by atoms with Crippen LogP contribution in [0.3, 0.4) is 0 Å². The maximum Gasteiger partial charge on any atom is 0.0255 e. The molecular formula is C11H28N4. The summed E-state index contributed by atoms with van der Waals surface area (Å²) in [6, 6.07) is 1.05. The summed E-state index contributed by atoms with van der Waals surface area (Å²) in [6.07, 6.45) is 2.21. The summed E-state index contributed by atoms with van der Waals surface area (Å²) in [5.41, 5.74) is 5.65. The summed E-state index contributed by atoms with van der Waals surface area (Å²) in [5.74, 6) is 0. The van der Waals surface area contributed by atoms with Crippen LogP contribution in [0.15, 0.2) is 0 Å². The van der Waals surface area contributed by atoms with Gasteiger partial charge in [0, 0.05) is 12.1 Å². The van der Waals surface area contributed by atoms with Gasteiger partial charge in [0.2, 0.25) is 0 Å². The van der Waals surface area contributed by atoms with Crippen molar-refractivity contribution in [2.45, 2.75) is 24.9 Å². The van der Waals surface area contributed by atoms with Crippen molar-refractivity contribution in [3.05, 3.63) is 0 Å². The first-order valence-electron chi connectivity index (χ1n) is 5.71. The Balaban J connectivity index is 4.18. The van der Waals surface area contributed by atoms with E-state index >= 15 is 0 Å². The van der Waals surface area contributed by atoms with E-state index in [1.807, 2.05) is 7.05 Å². The molecule has 0 amide bonds. The third kappa shape index (κ3) is 6.10. The van der Waals surface area contributed by atoms with E-state index in [1.165, 1.54) is 0 Å². The molecule has 0 aliphatic heterocycles. The van der Waals surface area contributed by atoms with Crippen LogP contribution >= 0.6 is 0 Å². The molecule has 0 aromatic rings. The molecule has 15 heavy (non-hydrogen) atoms.